The number of rotatable bonds is 4. The molecular formula is C11H13ClN4S. The van der Waals surface area contributed by atoms with Gasteiger partial charge < -0.3 is 5.73 Å². The Morgan fingerprint density at radius 1 is 1.47 bits per heavy atom. The first-order valence-electron chi connectivity index (χ1n) is 5.25. The van der Waals surface area contributed by atoms with Crippen molar-refractivity contribution in [1.82, 2.24) is 14.8 Å². The lowest BCUT2D eigenvalue weighted by Crippen LogP contribution is -2.02. The molecule has 2 N–H and O–H groups in total. The summed E-state index contributed by atoms with van der Waals surface area (Å²) in [6.07, 6.45) is 1.56. The van der Waals surface area contributed by atoms with Crippen molar-refractivity contribution in [3.63, 3.8) is 0 Å². The monoisotopic (exact) mass is 268 g/mol. The van der Waals surface area contributed by atoms with E-state index in [1.165, 1.54) is 0 Å². The van der Waals surface area contributed by atoms with E-state index in [0.29, 0.717) is 16.5 Å². The summed E-state index contributed by atoms with van der Waals surface area (Å²) >= 11 is 7.68. The first-order chi connectivity index (χ1) is 8.22. The molecule has 1 aromatic carbocycles. The van der Waals surface area contributed by atoms with Crippen LogP contribution in [-0.2, 0) is 12.3 Å². The molecule has 1 aromatic heterocycles. The minimum atomic E-state index is 0.678. The highest BCUT2D eigenvalue weighted by Gasteiger charge is 2.08. The maximum absolute atomic E-state index is 6.10. The number of nitrogen functional groups attached to an aromatic ring is 1. The van der Waals surface area contributed by atoms with Gasteiger partial charge in [0.15, 0.2) is 0 Å². The number of aromatic nitrogens is 3. The number of benzene rings is 1. The summed E-state index contributed by atoms with van der Waals surface area (Å²) in [6.45, 7) is 2.85. The third-order valence-electron chi connectivity index (χ3n) is 2.34. The van der Waals surface area contributed by atoms with E-state index < -0.39 is 0 Å². The normalized spacial score (nSPS) is 10.7. The standard InChI is InChI=1S/C11H13ClN4S/c1-2-16-10(14-7-15-16)6-17-11-8(12)4-3-5-9(11)13/h3-5,7H,2,6,13H2,1H3. The van der Waals surface area contributed by atoms with Gasteiger partial charge in [-0.2, -0.15) is 5.10 Å². The highest BCUT2D eigenvalue weighted by Crippen LogP contribution is 2.33. The van der Waals surface area contributed by atoms with Crippen LogP contribution in [0, 0.1) is 0 Å². The van der Waals surface area contributed by atoms with Gasteiger partial charge in [-0.05, 0) is 19.1 Å². The van der Waals surface area contributed by atoms with Gasteiger partial charge in [0.1, 0.15) is 12.2 Å². The van der Waals surface area contributed by atoms with Gasteiger partial charge in [0.2, 0.25) is 0 Å². The highest BCUT2D eigenvalue weighted by atomic mass is 35.5. The van der Waals surface area contributed by atoms with Crippen LogP contribution >= 0.6 is 23.4 Å². The molecule has 0 aliphatic heterocycles. The number of halogens is 1. The zero-order chi connectivity index (χ0) is 12.3. The van der Waals surface area contributed by atoms with Gasteiger partial charge in [-0.25, -0.2) is 9.67 Å². The number of nitrogens with zero attached hydrogens (tertiary/aromatic N) is 3. The second kappa shape index (κ2) is 5.42. The molecule has 0 fully saturated rings. The smallest absolute Gasteiger partial charge is 0.138 e. The molecule has 0 unspecified atom stereocenters. The predicted octanol–water partition coefficient (Wildman–Crippen LogP) is 2.83. The largest absolute Gasteiger partial charge is 0.398 e. The Morgan fingerprint density at radius 3 is 3.00 bits per heavy atom. The van der Waals surface area contributed by atoms with E-state index in [4.69, 9.17) is 17.3 Å². The quantitative estimate of drug-likeness (QED) is 0.684. The van der Waals surface area contributed by atoms with Crippen molar-refractivity contribution in [3.8, 4) is 0 Å². The summed E-state index contributed by atoms with van der Waals surface area (Å²) in [6, 6.07) is 5.53. The lowest BCUT2D eigenvalue weighted by molar-refractivity contribution is 0.632. The maximum Gasteiger partial charge on any atom is 0.138 e. The van der Waals surface area contributed by atoms with Gasteiger partial charge in [0.05, 0.1) is 10.8 Å². The molecule has 0 atom stereocenters. The highest BCUT2D eigenvalue weighted by molar-refractivity contribution is 7.98. The molecule has 0 spiro atoms. The predicted molar refractivity (Wildman–Crippen MR) is 71.1 cm³/mol. The molecule has 4 nitrogen and oxygen atoms in total. The fraction of sp³-hybridized carbons (Fsp3) is 0.273. The van der Waals surface area contributed by atoms with Crippen LogP contribution in [0.4, 0.5) is 5.69 Å². The molecule has 1 heterocycles. The van der Waals surface area contributed by atoms with Crippen LogP contribution in [0.3, 0.4) is 0 Å². The Labute approximate surface area is 109 Å². The summed E-state index contributed by atoms with van der Waals surface area (Å²) in [5.74, 6) is 1.64. The van der Waals surface area contributed by atoms with Crippen molar-refractivity contribution in [2.24, 2.45) is 0 Å². The molecule has 0 bridgehead atoms. The molecule has 0 radical (unpaired) electrons. The lowest BCUT2D eigenvalue weighted by atomic mass is 10.3. The third kappa shape index (κ3) is 2.73. The van der Waals surface area contributed by atoms with Crippen molar-refractivity contribution in [2.45, 2.75) is 24.1 Å². The van der Waals surface area contributed by atoms with Crippen LogP contribution in [0.1, 0.15) is 12.7 Å². The average Bonchev–Trinajstić information content (AvgIpc) is 2.76. The van der Waals surface area contributed by atoms with E-state index in [0.717, 1.165) is 17.3 Å². The van der Waals surface area contributed by atoms with Gasteiger partial charge >= 0.3 is 0 Å². The molecule has 0 saturated carbocycles. The molecule has 6 heteroatoms. The van der Waals surface area contributed by atoms with Crippen LogP contribution in [0.25, 0.3) is 0 Å². The molecule has 0 amide bonds. The van der Waals surface area contributed by atoms with E-state index in [9.17, 15) is 0 Å². The first kappa shape index (κ1) is 12.3. The van der Waals surface area contributed by atoms with Crippen LogP contribution in [0.15, 0.2) is 29.4 Å². The summed E-state index contributed by atoms with van der Waals surface area (Å²) in [5, 5.41) is 4.80. The SMILES string of the molecule is CCn1ncnc1CSc1c(N)cccc1Cl. The summed E-state index contributed by atoms with van der Waals surface area (Å²) in [7, 11) is 0. The zero-order valence-electron chi connectivity index (χ0n) is 9.43. The molecule has 17 heavy (non-hydrogen) atoms. The van der Waals surface area contributed by atoms with Crippen LogP contribution in [-0.4, -0.2) is 14.8 Å². The maximum atomic E-state index is 6.10. The Bertz CT molecular complexity index is 492. The molecule has 90 valence electrons. The zero-order valence-corrected chi connectivity index (χ0v) is 11.0. The van der Waals surface area contributed by atoms with Gasteiger partial charge in [0.25, 0.3) is 0 Å². The lowest BCUT2D eigenvalue weighted by Gasteiger charge is -2.07. The fourth-order valence-corrected chi connectivity index (χ4v) is 2.76. The van der Waals surface area contributed by atoms with Crippen LogP contribution < -0.4 is 5.73 Å². The van der Waals surface area contributed by atoms with Gasteiger partial charge in [-0.3, -0.25) is 0 Å². The van der Waals surface area contributed by atoms with E-state index in [1.807, 2.05) is 29.8 Å². The minimum absolute atomic E-state index is 0.678. The number of nitrogens with two attached hydrogens (primary N) is 1. The van der Waals surface area contributed by atoms with Crippen molar-refractivity contribution in [1.29, 1.82) is 0 Å². The third-order valence-corrected chi connectivity index (χ3v) is 3.91. The molecule has 2 rings (SSSR count). The number of hydrogen-bond donors (Lipinski definition) is 1. The average molecular weight is 269 g/mol. The minimum Gasteiger partial charge on any atom is -0.398 e. The summed E-state index contributed by atoms with van der Waals surface area (Å²) in [5.41, 5.74) is 6.58. The van der Waals surface area contributed by atoms with Gasteiger partial charge in [-0.15, -0.1) is 11.8 Å². The second-order valence-corrected chi connectivity index (χ2v) is 4.83. The Balaban J connectivity index is 2.13. The number of anilines is 1. The molecule has 0 aliphatic rings. The molecule has 0 saturated heterocycles. The van der Waals surface area contributed by atoms with E-state index in [1.54, 1.807) is 18.1 Å². The number of hydrogen-bond acceptors (Lipinski definition) is 4. The van der Waals surface area contributed by atoms with E-state index >= 15 is 0 Å². The van der Waals surface area contributed by atoms with Crippen molar-refractivity contribution >= 4 is 29.1 Å². The molecule has 2 aromatic rings. The Hall–Kier alpha value is -1.20. The van der Waals surface area contributed by atoms with Crippen LogP contribution in [0.5, 0.6) is 0 Å². The number of thioether (sulfide) groups is 1. The topological polar surface area (TPSA) is 56.7 Å². The van der Waals surface area contributed by atoms with Crippen molar-refractivity contribution in [2.75, 3.05) is 5.73 Å². The summed E-state index contributed by atoms with van der Waals surface area (Å²) in [4.78, 5) is 5.11. The van der Waals surface area contributed by atoms with Crippen LogP contribution in [0.2, 0.25) is 5.02 Å². The van der Waals surface area contributed by atoms with Crippen molar-refractivity contribution in [3.05, 3.63) is 35.4 Å². The van der Waals surface area contributed by atoms with Gasteiger partial charge in [0, 0.05) is 17.1 Å². The molecular weight excluding hydrogens is 256 g/mol. The Morgan fingerprint density at radius 2 is 2.29 bits per heavy atom. The first-order valence-corrected chi connectivity index (χ1v) is 6.62. The molecule has 0 aliphatic carbocycles. The fourth-order valence-electron chi connectivity index (χ4n) is 1.48. The summed E-state index contributed by atoms with van der Waals surface area (Å²) < 4.78 is 1.86. The van der Waals surface area contributed by atoms with Gasteiger partial charge in [-0.1, -0.05) is 17.7 Å². The van der Waals surface area contributed by atoms with Crippen molar-refractivity contribution < 1.29 is 0 Å². The van der Waals surface area contributed by atoms with E-state index in [2.05, 4.69) is 10.1 Å². The van der Waals surface area contributed by atoms with E-state index in [-0.39, 0.29) is 0 Å². The Kier molecular flexibility index (Phi) is 3.91. The second-order valence-electron chi connectivity index (χ2n) is 3.44. The number of aryl methyl sites for hydroxylation is 1.